The quantitative estimate of drug-likeness (QED) is 0.849. The van der Waals surface area contributed by atoms with Gasteiger partial charge in [-0.25, -0.2) is 0 Å². The molecule has 0 aromatic heterocycles. The maximum absolute atomic E-state index is 12.4. The maximum atomic E-state index is 12.4. The van der Waals surface area contributed by atoms with Crippen molar-refractivity contribution in [2.75, 3.05) is 16.8 Å². The fourth-order valence-corrected chi connectivity index (χ4v) is 2.55. The molecule has 0 aliphatic rings. The number of carbonyl (C=O) groups excluding carboxylic acids is 3. The molecule has 2 rings (SSSR count). The van der Waals surface area contributed by atoms with Crippen LogP contribution >= 0.6 is 0 Å². The van der Waals surface area contributed by atoms with E-state index >= 15 is 0 Å². The Labute approximate surface area is 147 Å². The Morgan fingerprint density at radius 1 is 0.960 bits per heavy atom. The molecule has 1 N–H and O–H groups in total. The van der Waals surface area contributed by atoms with Crippen LogP contribution in [0.2, 0.25) is 0 Å². The second-order valence-corrected chi connectivity index (χ2v) is 6.07. The highest BCUT2D eigenvalue weighted by molar-refractivity contribution is 6.02. The molecule has 0 fully saturated rings. The zero-order valence-corrected chi connectivity index (χ0v) is 14.9. The zero-order valence-electron chi connectivity index (χ0n) is 14.9. The van der Waals surface area contributed by atoms with Crippen molar-refractivity contribution < 1.29 is 14.4 Å². The third-order valence-electron chi connectivity index (χ3n) is 3.92. The Kier molecular flexibility index (Phi) is 5.70. The third-order valence-corrected chi connectivity index (χ3v) is 3.92. The van der Waals surface area contributed by atoms with Gasteiger partial charge in [0.15, 0.2) is 5.78 Å². The van der Waals surface area contributed by atoms with Crippen molar-refractivity contribution >= 4 is 29.0 Å². The molecule has 5 nitrogen and oxygen atoms in total. The van der Waals surface area contributed by atoms with Crippen LogP contribution in [0, 0.1) is 13.8 Å². The summed E-state index contributed by atoms with van der Waals surface area (Å²) in [6, 6.07) is 12.4. The van der Waals surface area contributed by atoms with Crippen molar-refractivity contribution in [3.63, 3.8) is 0 Å². The first-order chi connectivity index (χ1) is 11.8. The summed E-state index contributed by atoms with van der Waals surface area (Å²) < 4.78 is 0. The summed E-state index contributed by atoms with van der Waals surface area (Å²) in [6.07, 6.45) is 0. The summed E-state index contributed by atoms with van der Waals surface area (Å²) in [5.74, 6) is -0.572. The fraction of sp³-hybridized carbons (Fsp3) is 0.250. The maximum Gasteiger partial charge on any atom is 0.244 e. The van der Waals surface area contributed by atoms with Gasteiger partial charge in [-0.2, -0.15) is 0 Å². The Balaban J connectivity index is 2.14. The highest BCUT2D eigenvalue weighted by atomic mass is 16.2. The van der Waals surface area contributed by atoms with Crippen LogP contribution in [0.4, 0.5) is 11.4 Å². The summed E-state index contributed by atoms with van der Waals surface area (Å²) in [6.45, 7) is 6.70. The molecule has 0 spiro atoms. The Hall–Kier alpha value is -2.95. The molecule has 0 atom stereocenters. The Morgan fingerprint density at radius 2 is 1.60 bits per heavy atom. The predicted molar refractivity (Wildman–Crippen MR) is 99.0 cm³/mol. The van der Waals surface area contributed by atoms with Crippen molar-refractivity contribution in [1.29, 1.82) is 0 Å². The molecule has 25 heavy (non-hydrogen) atoms. The number of carbonyl (C=O) groups is 3. The molecule has 5 heteroatoms. The van der Waals surface area contributed by atoms with Crippen LogP contribution in [0.3, 0.4) is 0 Å². The second kappa shape index (κ2) is 7.75. The van der Waals surface area contributed by atoms with Gasteiger partial charge in [-0.05, 0) is 56.7 Å². The molecule has 130 valence electrons. The van der Waals surface area contributed by atoms with E-state index in [1.165, 1.54) is 18.7 Å². The Bertz CT molecular complexity index is 810. The fourth-order valence-electron chi connectivity index (χ4n) is 2.55. The van der Waals surface area contributed by atoms with E-state index in [1.807, 2.05) is 32.0 Å². The summed E-state index contributed by atoms with van der Waals surface area (Å²) in [5, 5.41) is 2.84. The van der Waals surface area contributed by atoms with Crippen molar-refractivity contribution in [3.05, 3.63) is 59.2 Å². The van der Waals surface area contributed by atoms with Crippen LogP contribution in [-0.2, 0) is 9.59 Å². The van der Waals surface area contributed by atoms with Gasteiger partial charge in [-0.15, -0.1) is 0 Å². The number of Topliss-reactive ketones (excluding diaryl/α,β-unsaturated/α-hetero) is 1. The number of amides is 2. The molecule has 2 aromatic rings. The van der Waals surface area contributed by atoms with E-state index in [9.17, 15) is 14.4 Å². The van der Waals surface area contributed by atoms with E-state index < -0.39 is 0 Å². The van der Waals surface area contributed by atoms with E-state index in [1.54, 1.807) is 24.3 Å². The average molecular weight is 338 g/mol. The minimum atomic E-state index is -0.280. The van der Waals surface area contributed by atoms with Gasteiger partial charge in [-0.3, -0.25) is 14.4 Å². The third kappa shape index (κ3) is 4.76. The van der Waals surface area contributed by atoms with E-state index in [0.717, 1.165) is 16.8 Å². The first kappa shape index (κ1) is 18.4. The minimum absolute atomic E-state index is 0.0477. The molecule has 0 saturated heterocycles. The zero-order chi connectivity index (χ0) is 18.6. The van der Waals surface area contributed by atoms with Crippen LogP contribution in [-0.4, -0.2) is 24.1 Å². The van der Waals surface area contributed by atoms with Gasteiger partial charge in [0.05, 0.1) is 0 Å². The molecule has 2 amide bonds. The number of nitrogens with zero attached hydrogens (tertiary/aromatic N) is 1. The largest absolute Gasteiger partial charge is 0.324 e. The van der Waals surface area contributed by atoms with E-state index in [0.29, 0.717) is 11.3 Å². The standard InChI is InChI=1S/C20H22N2O3/c1-13-5-10-19(14(2)11-13)21-20(25)12-22(16(4)24)18-8-6-17(7-9-18)15(3)23/h5-11H,12H2,1-4H3,(H,21,25). The molecular weight excluding hydrogens is 316 g/mol. The highest BCUT2D eigenvalue weighted by Gasteiger charge is 2.16. The second-order valence-electron chi connectivity index (χ2n) is 6.07. The molecule has 0 aliphatic carbocycles. The van der Waals surface area contributed by atoms with Gasteiger partial charge in [0, 0.05) is 23.9 Å². The van der Waals surface area contributed by atoms with Gasteiger partial charge in [0.25, 0.3) is 0 Å². The van der Waals surface area contributed by atoms with Gasteiger partial charge in [0.1, 0.15) is 6.54 Å². The lowest BCUT2D eigenvalue weighted by Crippen LogP contribution is -2.36. The van der Waals surface area contributed by atoms with E-state index in [4.69, 9.17) is 0 Å². The SMILES string of the molecule is CC(=O)c1ccc(N(CC(=O)Nc2ccc(C)cc2C)C(C)=O)cc1. The lowest BCUT2D eigenvalue weighted by Gasteiger charge is -2.21. The van der Waals surface area contributed by atoms with Crippen LogP contribution < -0.4 is 10.2 Å². The minimum Gasteiger partial charge on any atom is -0.324 e. The van der Waals surface area contributed by atoms with Crippen molar-refractivity contribution in [2.45, 2.75) is 27.7 Å². The molecule has 0 saturated carbocycles. The number of hydrogen-bond acceptors (Lipinski definition) is 3. The monoisotopic (exact) mass is 338 g/mol. The van der Waals surface area contributed by atoms with E-state index in [2.05, 4.69) is 5.32 Å². The predicted octanol–water partition coefficient (Wildman–Crippen LogP) is 3.50. The molecular formula is C20H22N2O3. The topological polar surface area (TPSA) is 66.5 Å². The van der Waals surface area contributed by atoms with Crippen LogP contribution in [0.15, 0.2) is 42.5 Å². The van der Waals surface area contributed by atoms with Gasteiger partial charge in [-0.1, -0.05) is 17.7 Å². The lowest BCUT2D eigenvalue weighted by molar-refractivity contribution is -0.120. The van der Waals surface area contributed by atoms with Crippen molar-refractivity contribution in [2.24, 2.45) is 0 Å². The van der Waals surface area contributed by atoms with Crippen LogP contribution in [0.25, 0.3) is 0 Å². The highest BCUT2D eigenvalue weighted by Crippen LogP contribution is 2.18. The van der Waals surface area contributed by atoms with Crippen molar-refractivity contribution in [1.82, 2.24) is 0 Å². The number of aryl methyl sites for hydroxylation is 2. The molecule has 2 aromatic carbocycles. The van der Waals surface area contributed by atoms with Crippen LogP contribution in [0.5, 0.6) is 0 Å². The normalized spacial score (nSPS) is 10.2. The summed E-state index contributed by atoms with van der Waals surface area (Å²) >= 11 is 0. The molecule has 0 unspecified atom stereocenters. The number of hydrogen-bond donors (Lipinski definition) is 1. The number of anilines is 2. The van der Waals surface area contributed by atoms with Crippen LogP contribution in [0.1, 0.15) is 35.3 Å². The summed E-state index contributed by atoms with van der Waals surface area (Å²) in [4.78, 5) is 37.0. The summed E-state index contributed by atoms with van der Waals surface area (Å²) in [5.41, 5.74) is 3.95. The summed E-state index contributed by atoms with van der Waals surface area (Å²) in [7, 11) is 0. The van der Waals surface area contributed by atoms with Gasteiger partial charge in [0.2, 0.25) is 11.8 Å². The smallest absolute Gasteiger partial charge is 0.244 e. The van der Waals surface area contributed by atoms with Crippen molar-refractivity contribution in [3.8, 4) is 0 Å². The first-order valence-electron chi connectivity index (χ1n) is 8.04. The number of benzene rings is 2. The van der Waals surface area contributed by atoms with Gasteiger partial charge < -0.3 is 10.2 Å². The number of rotatable bonds is 5. The number of ketones is 1. The lowest BCUT2D eigenvalue weighted by atomic mass is 10.1. The average Bonchev–Trinajstić information content (AvgIpc) is 2.55. The number of nitrogens with one attached hydrogen (secondary N) is 1. The first-order valence-corrected chi connectivity index (χ1v) is 8.04. The molecule has 0 bridgehead atoms. The van der Waals surface area contributed by atoms with Gasteiger partial charge >= 0.3 is 0 Å². The molecule has 0 radical (unpaired) electrons. The Morgan fingerprint density at radius 3 is 2.12 bits per heavy atom. The molecule has 0 aliphatic heterocycles. The van der Waals surface area contributed by atoms with E-state index in [-0.39, 0.29) is 24.1 Å². The molecule has 0 heterocycles.